The summed E-state index contributed by atoms with van der Waals surface area (Å²) in [7, 11) is 0. The molecule has 0 rings (SSSR count). The van der Waals surface area contributed by atoms with Gasteiger partial charge in [-0.15, -0.1) is 0 Å². The molecule has 76 valence electrons. The van der Waals surface area contributed by atoms with Gasteiger partial charge in [0.15, 0.2) is 11.7 Å². The van der Waals surface area contributed by atoms with Crippen LogP contribution in [-0.4, -0.2) is 24.3 Å². The van der Waals surface area contributed by atoms with Crippen LogP contribution in [0.4, 0.5) is 0 Å². The van der Waals surface area contributed by atoms with Crippen LogP contribution in [0, 0.1) is 5.41 Å². The fourth-order valence-corrected chi connectivity index (χ4v) is 0.843. The molecular formula is C8H18N4O. The van der Waals surface area contributed by atoms with Gasteiger partial charge >= 0.3 is 0 Å². The van der Waals surface area contributed by atoms with Crippen LogP contribution in [0.5, 0.6) is 0 Å². The zero-order valence-corrected chi connectivity index (χ0v) is 8.37. The SMILES string of the molecule is CC(C)(C)C(=O)C(N)CN=C(N)N. The maximum Gasteiger partial charge on any atom is 0.185 e. The first-order valence-electron chi connectivity index (χ1n) is 4.10. The summed E-state index contributed by atoms with van der Waals surface area (Å²) in [5.74, 6) is -0.0883. The lowest BCUT2D eigenvalue weighted by Crippen LogP contribution is -2.41. The van der Waals surface area contributed by atoms with Gasteiger partial charge in [0, 0.05) is 5.41 Å². The Labute approximate surface area is 78.4 Å². The molecule has 6 N–H and O–H groups in total. The Kier molecular flexibility index (Phi) is 3.87. The minimum atomic E-state index is -0.623. The third-order valence-electron chi connectivity index (χ3n) is 1.55. The van der Waals surface area contributed by atoms with E-state index < -0.39 is 11.5 Å². The Hall–Kier alpha value is -1.10. The highest BCUT2D eigenvalue weighted by Crippen LogP contribution is 2.15. The third-order valence-corrected chi connectivity index (χ3v) is 1.55. The van der Waals surface area contributed by atoms with Crippen molar-refractivity contribution in [2.24, 2.45) is 27.6 Å². The lowest BCUT2D eigenvalue weighted by molar-refractivity contribution is -0.127. The molecule has 0 aromatic heterocycles. The number of nitrogens with two attached hydrogens (primary N) is 3. The molecule has 0 spiro atoms. The zero-order valence-electron chi connectivity index (χ0n) is 8.37. The fraction of sp³-hybridized carbons (Fsp3) is 0.750. The molecule has 0 aliphatic rings. The van der Waals surface area contributed by atoms with Gasteiger partial charge in [0.05, 0.1) is 12.6 Å². The first kappa shape index (κ1) is 11.9. The molecule has 0 fully saturated rings. The maximum atomic E-state index is 11.5. The van der Waals surface area contributed by atoms with Crippen LogP contribution in [0.3, 0.4) is 0 Å². The van der Waals surface area contributed by atoms with Gasteiger partial charge in [-0.2, -0.15) is 0 Å². The summed E-state index contributed by atoms with van der Waals surface area (Å²) < 4.78 is 0. The van der Waals surface area contributed by atoms with Crippen LogP contribution in [0.25, 0.3) is 0 Å². The third kappa shape index (κ3) is 4.47. The van der Waals surface area contributed by atoms with Gasteiger partial charge < -0.3 is 17.2 Å². The Morgan fingerprint density at radius 2 is 1.85 bits per heavy atom. The van der Waals surface area contributed by atoms with Gasteiger partial charge in [0.1, 0.15) is 0 Å². The second-order valence-electron chi connectivity index (χ2n) is 3.99. The lowest BCUT2D eigenvalue weighted by atomic mass is 9.87. The van der Waals surface area contributed by atoms with Crippen molar-refractivity contribution >= 4 is 11.7 Å². The molecule has 0 aromatic rings. The van der Waals surface area contributed by atoms with Crippen molar-refractivity contribution in [3.8, 4) is 0 Å². The van der Waals surface area contributed by atoms with Crippen molar-refractivity contribution < 1.29 is 4.79 Å². The number of ketones is 1. The number of guanidine groups is 1. The van der Waals surface area contributed by atoms with E-state index in [1.165, 1.54) is 0 Å². The number of hydrogen-bond acceptors (Lipinski definition) is 3. The molecule has 0 aromatic carbocycles. The van der Waals surface area contributed by atoms with Crippen molar-refractivity contribution in [3.05, 3.63) is 0 Å². The molecule has 0 saturated heterocycles. The number of carbonyl (C=O) groups excluding carboxylic acids is 1. The quantitative estimate of drug-likeness (QED) is 0.396. The van der Waals surface area contributed by atoms with E-state index in [0.29, 0.717) is 0 Å². The molecular weight excluding hydrogens is 168 g/mol. The second-order valence-corrected chi connectivity index (χ2v) is 3.99. The van der Waals surface area contributed by atoms with Crippen molar-refractivity contribution in [1.82, 2.24) is 0 Å². The molecule has 0 saturated carbocycles. The molecule has 0 heterocycles. The van der Waals surface area contributed by atoms with Crippen LogP contribution in [0.2, 0.25) is 0 Å². The van der Waals surface area contributed by atoms with Crippen LogP contribution in [0.15, 0.2) is 4.99 Å². The molecule has 1 unspecified atom stereocenters. The fourth-order valence-electron chi connectivity index (χ4n) is 0.843. The molecule has 13 heavy (non-hydrogen) atoms. The highest BCUT2D eigenvalue weighted by Gasteiger charge is 2.26. The first-order valence-corrected chi connectivity index (χ1v) is 4.10. The average Bonchev–Trinajstić information content (AvgIpc) is 1.96. The number of Topliss-reactive ketones (excluding diaryl/α,β-unsaturated/α-hetero) is 1. The molecule has 5 nitrogen and oxygen atoms in total. The summed E-state index contributed by atoms with van der Waals surface area (Å²) in [5.41, 5.74) is 15.4. The molecule has 0 amide bonds. The van der Waals surface area contributed by atoms with Crippen LogP contribution in [-0.2, 0) is 4.79 Å². The normalized spacial score (nSPS) is 13.5. The minimum absolute atomic E-state index is 0.0440. The van der Waals surface area contributed by atoms with Gasteiger partial charge in [-0.05, 0) is 0 Å². The van der Waals surface area contributed by atoms with Crippen molar-refractivity contribution in [1.29, 1.82) is 0 Å². The molecule has 0 radical (unpaired) electrons. The maximum absolute atomic E-state index is 11.5. The highest BCUT2D eigenvalue weighted by molar-refractivity contribution is 5.89. The molecule has 5 heteroatoms. The number of hydrogen-bond donors (Lipinski definition) is 3. The second kappa shape index (κ2) is 4.23. The smallest absolute Gasteiger partial charge is 0.185 e. The Bertz CT molecular complexity index is 213. The summed E-state index contributed by atoms with van der Waals surface area (Å²) in [6.45, 7) is 5.58. The lowest BCUT2D eigenvalue weighted by Gasteiger charge is -2.20. The Morgan fingerprint density at radius 1 is 1.38 bits per heavy atom. The van der Waals surface area contributed by atoms with E-state index in [9.17, 15) is 4.79 Å². The van der Waals surface area contributed by atoms with Crippen LogP contribution < -0.4 is 17.2 Å². The van der Waals surface area contributed by atoms with Crippen LogP contribution >= 0.6 is 0 Å². The summed E-state index contributed by atoms with van der Waals surface area (Å²) >= 11 is 0. The molecule has 0 aliphatic carbocycles. The average molecular weight is 186 g/mol. The van der Waals surface area contributed by atoms with Gasteiger partial charge in [-0.25, -0.2) is 0 Å². The molecule has 0 aliphatic heterocycles. The van der Waals surface area contributed by atoms with E-state index >= 15 is 0 Å². The van der Waals surface area contributed by atoms with Gasteiger partial charge in [0.2, 0.25) is 0 Å². The number of aliphatic imine (C=N–C) groups is 1. The zero-order chi connectivity index (χ0) is 10.6. The van der Waals surface area contributed by atoms with Gasteiger partial charge in [-0.3, -0.25) is 9.79 Å². The van der Waals surface area contributed by atoms with E-state index in [4.69, 9.17) is 17.2 Å². The van der Waals surface area contributed by atoms with E-state index in [2.05, 4.69) is 4.99 Å². The Balaban J connectivity index is 4.21. The summed E-state index contributed by atoms with van der Waals surface area (Å²) in [5, 5.41) is 0. The van der Waals surface area contributed by atoms with E-state index in [0.717, 1.165) is 0 Å². The highest BCUT2D eigenvalue weighted by atomic mass is 16.1. The predicted octanol–water partition coefficient (Wildman–Crippen LogP) is -0.798. The van der Waals surface area contributed by atoms with Crippen molar-refractivity contribution in [2.45, 2.75) is 26.8 Å². The minimum Gasteiger partial charge on any atom is -0.370 e. The van der Waals surface area contributed by atoms with E-state index in [1.807, 2.05) is 20.8 Å². The number of rotatable bonds is 3. The van der Waals surface area contributed by atoms with Crippen molar-refractivity contribution in [2.75, 3.05) is 6.54 Å². The number of carbonyl (C=O) groups is 1. The largest absolute Gasteiger partial charge is 0.370 e. The molecule has 0 bridgehead atoms. The molecule has 1 atom stereocenters. The van der Waals surface area contributed by atoms with Crippen LogP contribution in [0.1, 0.15) is 20.8 Å². The van der Waals surface area contributed by atoms with E-state index in [1.54, 1.807) is 0 Å². The van der Waals surface area contributed by atoms with E-state index in [-0.39, 0.29) is 18.3 Å². The summed E-state index contributed by atoms with van der Waals surface area (Å²) in [6.07, 6.45) is 0. The monoisotopic (exact) mass is 186 g/mol. The topological polar surface area (TPSA) is 107 Å². The standard InChI is InChI=1S/C8H18N4O/c1-8(2,3)6(13)5(9)4-12-7(10)11/h5H,4,9H2,1-3H3,(H4,10,11,12). The van der Waals surface area contributed by atoms with Gasteiger partial charge in [0.25, 0.3) is 0 Å². The number of nitrogens with zero attached hydrogens (tertiary/aromatic N) is 1. The first-order chi connectivity index (χ1) is 5.75. The Morgan fingerprint density at radius 3 is 2.15 bits per heavy atom. The summed E-state index contributed by atoms with van der Waals surface area (Å²) in [6, 6.07) is -0.623. The van der Waals surface area contributed by atoms with Gasteiger partial charge in [-0.1, -0.05) is 20.8 Å². The predicted molar refractivity (Wildman–Crippen MR) is 53.1 cm³/mol. The summed E-state index contributed by atoms with van der Waals surface area (Å²) in [4.78, 5) is 15.2. The van der Waals surface area contributed by atoms with Crippen molar-refractivity contribution in [3.63, 3.8) is 0 Å².